The molecule has 0 aromatic heterocycles. The average molecular weight is 313 g/mol. The molecule has 0 aliphatic heterocycles. The topological polar surface area (TPSA) is 38.0 Å². The van der Waals surface area contributed by atoms with Crippen molar-refractivity contribution in [2.24, 2.45) is 5.84 Å². The first-order chi connectivity index (χ1) is 9.51. The lowest BCUT2D eigenvalue weighted by Crippen LogP contribution is -2.29. The molecule has 0 spiro atoms. The van der Waals surface area contributed by atoms with Gasteiger partial charge in [0.05, 0.1) is 11.1 Å². The van der Waals surface area contributed by atoms with Gasteiger partial charge in [0.2, 0.25) is 0 Å². The van der Waals surface area contributed by atoms with E-state index in [-0.39, 0.29) is 11.1 Å². The molecule has 0 amide bonds. The number of nitrogens with one attached hydrogen (secondary N) is 1. The highest BCUT2D eigenvalue weighted by atomic mass is 35.5. The maximum absolute atomic E-state index is 13.2. The van der Waals surface area contributed by atoms with E-state index in [1.165, 1.54) is 6.07 Å². The normalized spacial score (nSPS) is 12.4. The van der Waals surface area contributed by atoms with Gasteiger partial charge in [-0.25, -0.2) is 4.39 Å². The van der Waals surface area contributed by atoms with E-state index in [1.54, 1.807) is 12.1 Å². The maximum Gasteiger partial charge on any atom is 0.141 e. The van der Waals surface area contributed by atoms with Crippen LogP contribution in [0.4, 0.5) is 4.39 Å². The van der Waals surface area contributed by atoms with Crippen molar-refractivity contribution >= 4 is 23.2 Å². The van der Waals surface area contributed by atoms with Crippen molar-refractivity contribution in [3.05, 3.63) is 69.0 Å². The van der Waals surface area contributed by atoms with Gasteiger partial charge in [0.15, 0.2) is 0 Å². The number of hydrogen-bond acceptors (Lipinski definition) is 2. The highest BCUT2D eigenvalue weighted by molar-refractivity contribution is 6.31. The molecule has 0 radical (unpaired) electrons. The molecule has 2 aromatic rings. The Morgan fingerprint density at radius 3 is 2.50 bits per heavy atom. The van der Waals surface area contributed by atoms with Crippen LogP contribution in [0.5, 0.6) is 0 Å². The molecule has 0 aliphatic carbocycles. The molecule has 2 aromatic carbocycles. The van der Waals surface area contributed by atoms with Gasteiger partial charge in [0, 0.05) is 5.02 Å². The van der Waals surface area contributed by atoms with Crippen LogP contribution in [0.1, 0.15) is 22.7 Å². The first-order valence-corrected chi connectivity index (χ1v) is 6.93. The smallest absolute Gasteiger partial charge is 0.141 e. The van der Waals surface area contributed by atoms with Crippen molar-refractivity contribution in [1.29, 1.82) is 0 Å². The van der Waals surface area contributed by atoms with E-state index in [4.69, 9.17) is 29.0 Å². The van der Waals surface area contributed by atoms with E-state index in [0.29, 0.717) is 11.4 Å². The minimum atomic E-state index is -0.445. The molecular weight excluding hydrogens is 298 g/mol. The number of benzene rings is 2. The molecule has 106 valence electrons. The number of aryl methyl sites for hydroxylation is 1. The molecule has 1 unspecified atom stereocenters. The SMILES string of the molecule is Cc1ccc(CC(NN)c2ccc(F)c(Cl)c2)c(Cl)c1. The highest BCUT2D eigenvalue weighted by Crippen LogP contribution is 2.26. The summed E-state index contributed by atoms with van der Waals surface area (Å²) in [5.74, 6) is 5.15. The summed E-state index contributed by atoms with van der Waals surface area (Å²) in [5.41, 5.74) is 5.60. The molecule has 3 N–H and O–H groups in total. The molecule has 0 fully saturated rings. The second-order valence-corrected chi connectivity index (χ2v) is 5.51. The van der Waals surface area contributed by atoms with E-state index in [9.17, 15) is 4.39 Å². The average Bonchev–Trinajstić information content (AvgIpc) is 2.41. The van der Waals surface area contributed by atoms with E-state index >= 15 is 0 Å². The summed E-state index contributed by atoms with van der Waals surface area (Å²) in [5, 5.41) is 0.774. The van der Waals surface area contributed by atoms with Crippen LogP contribution in [0.15, 0.2) is 36.4 Å². The zero-order valence-electron chi connectivity index (χ0n) is 11.0. The molecule has 0 heterocycles. The van der Waals surface area contributed by atoms with Crippen LogP contribution in [-0.4, -0.2) is 0 Å². The maximum atomic E-state index is 13.2. The lowest BCUT2D eigenvalue weighted by atomic mass is 9.98. The Morgan fingerprint density at radius 1 is 1.15 bits per heavy atom. The van der Waals surface area contributed by atoms with Gasteiger partial charge in [-0.1, -0.05) is 41.4 Å². The Kier molecular flexibility index (Phi) is 5.00. The number of hydrazine groups is 1. The number of hydrogen-bond donors (Lipinski definition) is 2. The van der Waals surface area contributed by atoms with E-state index in [2.05, 4.69) is 5.43 Å². The van der Waals surface area contributed by atoms with Crippen molar-refractivity contribution in [3.8, 4) is 0 Å². The zero-order chi connectivity index (χ0) is 14.7. The Bertz CT molecular complexity index is 617. The Morgan fingerprint density at radius 2 is 1.90 bits per heavy atom. The van der Waals surface area contributed by atoms with Crippen LogP contribution in [0.3, 0.4) is 0 Å². The van der Waals surface area contributed by atoms with Crippen LogP contribution >= 0.6 is 23.2 Å². The predicted octanol–water partition coefficient (Wildman–Crippen LogP) is 4.19. The summed E-state index contributed by atoms with van der Waals surface area (Å²) in [4.78, 5) is 0. The summed E-state index contributed by atoms with van der Waals surface area (Å²) >= 11 is 12.0. The molecule has 0 saturated heterocycles. The molecule has 20 heavy (non-hydrogen) atoms. The lowest BCUT2D eigenvalue weighted by molar-refractivity contribution is 0.549. The van der Waals surface area contributed by atoms with Gasteiger partial charge >= 0.3 is 0 Å². The van der Waals surface area contributed by atoms with Crippen LogP contribution < -0.4 is 11.3 Å². The molecule has 1 atom stereocenters. The number of rotatable bonds is 4. The lowest BCUT2D eigenvalue weighted by Gasteiger charge is -2.18. The Hall–Kier alpha value is -1.13. The molecular formula is C15H15Cl2FN2. The van der Waals surface area contributed by atoms with Gasteiger partial charge in [-0.15, -0.1) is 0 Å². The number of halogens is 3. The summed E-state index contributed by atoms with van der Waals surface area (Å²) in [6.45, 7) is 1.98. The van der Waals surface area contributed by atoms with E-state index in [1.807, 2.05) is 25.1 Å². The van der Waals surface area contributed by atoms with Crippen molar-refractivity contribution < 1.29 is 4.39 Å². The van der Waals surface area contributed by atoms with Crippen LogP contribution in [0, 0.1) is 12.7 Å². The first kappa shape index (κ1) is 15.3. The first-order valence-electron chi connectivity index (χ1n) is 6.17. The fourth-order valence-electron chi connectivity index (χ4n) is 2.04. The van der Waals surface area contributed by atoms with Gasteiger partial charge in [0.1, 0.15) is 5.82 Å². The van der Waals surface area contributed by atoms with Gasteiger partial charge < -0.3 is 0 Å². The fraction of sp³-hybridized carbons (Fsp3) is 0.200. The van der Waals surface area contributed by atoms with Gasteiger partial charge in [-0.3, -0.25) is 11.3 Å². The third kappa shape index (κ3) is 3.49. The van der Waals surface area contributed by atoms with Crippen LogP contribution in [-0.2, 0) is 6.42 Å². The third-order valence-corrected chi connectivity index (χ3v) is 3.82. The van der Waals surface area contributed by atoms with Gasteiger partial charge in [-0.2, -0.15) is 0 Å². The van der Waals surface area contributed by atoms with Gasteiger partial charge in [0.25, 0.3) is 0 Å². The van der Waals surface area contributed by atoms with Crippen LogP contribution in [0.2, 0.25) is 10.0 Å². The minimum Gasteiger partial charge on any atom is -0.271 e. The van der Waals surface area contributed by atoms with Gasteiger partial charge in [-0.05, 0) is 48.2 Å². The summed E-state index contributed by atoms with van der Waals surface area (Å²) in [6, 6.07) is 10.2. The molecule has 0 bridgehead atoms. The second kappa shape index (κ2) is 6.55. The number of nitrogens with two attached hydrogens (primary N) is 1. The summed E-state index contributed by atoms with van der Waals surface area (Å²) in [7, 11) is 0. The molecule has 0 saturated carbocycles. The second-order valence-electron chi connectivity index (χ2n) is 4.69. The van der Waals surface area contributed by atoms with Crippen LogP contribution in [0.25, 0.3) is 0 Å². The fourth-order valence-corrected chi connectivity index (χ4v) is 2.54. The summed E-state index contributed by atoms with van der Waals surface area (Å²) < 4.78 is 13.2. The summed E-state index contributed by atoms with van der Waals surface area (Å²) in [6.07, 6.45) is 0.595. The Balaban J connectivity index is 2.26. The molecule has 0 aliphatic rings. The highest BCUT2D eigenvalue weighted by Gasteiger charge is 2.14. The molecule has 5 heteroatoms. The quantitative estimate of drug-likeness (QED) is 0.656. The molecule has 2 nitrogen and oxygen atoms in total. The van der Waals surface area contributed by atoms with Crippen molar-refractivity contribution in [1.82, 2.24) is 5.43 Å². The van der Waals surface area contributed by atoms with Crippen molar-refractivity contribution in [2.75, 3.05) is 0 Å². The van der Waals surface area contributed by atoms with Crippen molar-refractivity contribution in [2.45, 2.75) is 19.4 Å². The predicted molar refractivity (Wildman–Crippen MR) is 81.4 cm³/mol. The largest absolute Gasteiger partial charge is 0.271 e. The Labute approximate surface area is 127 Å². The monoisotopic (exact) mass is 312 g/mol. The molecule has 2 rings (SSSR count). The zero-order valence-corrected chi connectivity index (χ0v) is 12.5. The standard InChI is InChI=1S/C15H15Cl2FN2/c1-9-2-3-10(12(16)6-9)8-15(20-19)11-4-5-14(18)13(17)7-11/h2-7,15,20H,8,19H2,1H3. The minimum absolute atomic E-state index is 0.0813. The van der Waals surface area contributed by atoms with Crippen molar-refractivity contribution in [3.63, 3.8) is 0 Å². The van der Waals surface area contributed by atoms with E-state index in [0.717, 1.165) is 16.7 Å². The third-order valence-electron chi connectivity index (χ3n) is 3.18. The van der Waals surface area contributed by atoms with E-state index < -0.39 is 5.82 Å².